The maximum Gasteiger partial charge on any atom is 0.0444 e. The van der Waals surface area contributed by atoms with Crippen LogP contribution in [0.2, 0.25) is 0 Å². The number of hydrogen-bond donors (Lipinski definition) is 0. The Kier molecular flexibility index (Phi) is 3.08. The summed E-state index contributed by atoms with van der Waals surface area (Å²) in [6.07, 6.45) is 2.26. The van der Waals surface area contributed by atoms with E-state index in [1.54, 1.807) is 0 Å². The number of hydrogen-bond acceptors (Lipinski definition) is 2. The highest BCUT2D eigenvalue weighted by molar-refractivity contribution is 5.76. The summed E-state index contributed by atoms with van der Waals surface area (Å²) >= 11 is 0. The van der Waals surface area contributed by atoms with Gasteiger partial charge in [-0.05, 0) is 54.3 Å². The molecule has 0 saturated carbocycles. The van der Waals surface area contributed by atoms with Crippen LogP contribution in [0.15, 0.2) is 72.8 Å². The lowest BCUT2D eigenvalue weighted by molar-refractivity contribution is 0.985. The van der Waals surface area contributed by atoms with Crippen LogP contribution in [-0.2, 0) is 12.8 Å². The lowest BCUT2D eigenvalue weighted by Gasteiger charge is -2.24. The maximum absolute atomic E-state index is 2.45. The number of benzene rings is 3. The minimum Gasteiger partial charge on any atom is -0.341 e. The van der Waals surface area contributed by atoms with Gasteiger partial charge in [-0.2, -0.15) is 0 Å². The van der Waals surface area contributed by atoms with Crippen molar-refractivity contribution in [3.63, 3.8) is 0 Å². The fraction of sp³-hybridized carbons (Fsp3) is 0.182. The van der Waals surface area contributed by atoms with Crippen LogP contribution < -0.4 is 9.80 Å². The average molecular weight is 312 g/mol. The fourth-order valence-corrected chi connectivity index (χ4v) is 4.04. The summed E-state index contributed by atoms with van der Waals surface area (Å²) in [6, 6.07) is 26.5. The van der Waals surface area contributed by atoms with Crippen LogP contribution in [0.3, 0.4) is 0 Å². The maximum atomic E-state index is 2.45. The number of anilines is 4. The molecule has 0 N–H and O–H groups in total. The second kappa shape index (κ2) is 5.41. The molecule has 0 bridgehead atoms. The van der Waals surface area contributed by atoms with E-state index in [0.717, 1.165) is 25.9 Å². The van der Waals surface area contributed by atoms with Crippen molar-refractivity contribution < 1.29 is 0 Å². The summed E-state index contributed by atoms with van der Waals surface area (Å²) in [4.78, 5) is 4.89. The molecule has 0 radical (unpaired) electrons. The molecule has 0 atom stereocenters. The van der Waals surface area contributed by atoms with Gasteiger partial charge in [0, 0.05) is 35.8 Å². The number of para-hydroxylation sites is 2. The lowest BCUT2D eigenvalue weighted by Crippen LogP contribution is -2.16. The Labute approximate surface area is 143 Å². The van der Waals surface area contributed by atoms with Crippen molar-refractivity contribution in [1.82, 2.24) is 0 Å². The zero-order valence-electron chi connectivity index (χ0n) is 13.7. The molecule has 0 aromatic heterocycles. The summed E-state index contributed by atoms with van der Waals surface area (Å²) < 4.78 is 0. The average Bonchev–Trinajstić information content (AvgIpc) is 3.26. The van der Waals surface area contributed by atoms with Crippen LogP contribution in [0.1, 0.15) is 11.1 Å². The Morgan fingerprint density at radius 2 is 1.04 bits per heavy atom. The van der Waals surface area contributed by atoms with E-state index >= 15 is 0 Å². The van der Waals surface area contributed by atoms with Gasteiger partial charge in [-0.15, -0.1) is 0 Å². The molecule has 118 valence electrons. The fourth-order valence-electron chi connectivity index (χ4n) is 4.04. The molecule has 2 nitrogen and oxygen atoms in total. The van der Waals surface area contributed by atoms with Gasteiger partial charge in [0.05, 0.1) is 0 Å². The SMILES string of the molecule is c1cc(N2CCc3ccccc32)cc(N2CCc3ccccc32)c1. The second-order valence-corrected chi connectivity index (χ2v) is 6.58. The molecule has 0 unspecified atom stereocenters. The normalized spacial score (nSPS) is 15.5. The molecule has 2 heterocycles. The first-order valence-corrected chi connectivity index (χ1v) is 8.71. The molecule has 2 heteroatoms. The van der Waals surface area contributed by atoms with Crippen molar-refractivity contribution >= 4 is 22.7 Å². The highest BCUT2D eigenvalue weighted by atomic mass is 15.2. The van der Waals surface area contributed by atoms with Gasteiger partial charge in [0.25, 0.3) is 0 Å². The van der Waals surface area contributed by atoms with E-state index in [4.69, 9.17) is 0 Å². The molecule has 3 aromatic rings. The van der Waals surface area contributed by atoms with Crippen LogP contribution in [0.25, 0.3) is 0 Å². The van der Waals surface area contributed by atoms with Crippen molar-refractivity contribution in [3.8, 4) is 0 Å². The zero-order valence-corrected chi connectivity index (χ0v) is 13.7. The number of rotatable bonds is 2. The molecule has 3 aromatic carbocycles. The summed E-state index contributed by atoms with van der Waals surface area (Å²) in [5.41, 5.74) is 8.21. The predicted molar refractivity (Wildman–Crippen MR) is 101 cm³/mol. The van der Waals surface area contributed by atoms with Crippen molar-refractivity contribution in [2.24, 2.45) is 0 Å². The molecular formula is C22H20N2. The third kappa shape index (κ3) is 2.10. The minimum absolute atomic E-state index is 1.07. The Morgan fingerprint density at radius 1 is 0.542 bits per heavy atom. The quantitative estimate of drug-likeness (QED) is 0.651. The summed E-state index contributed by atoms with van der Waals surface area (Å²) in [5, 5.41) is 0. The van der Waals surface area contributed by atoms with E-state index in [0.29, 0.717) is 0 Å². The van der Waals surface area contributed by atoms with Crippen molar-refractivity contribution in [2.75, 3.05) is 22.9 Å². The Bertz CT molecular complexity index is 829. The summed E-state index contributed by atoms with van der Waals surface area (Å²) in [5.74, 6) is 0. The van der Waals surface area contributed by atoms with E-state index in [2.05, 4.69) is 82.6 Å². The van der Waals surface area contributed by atoms with Crippen molar-refractivity contribution in [1.29, 1.82) is 0 Å². The third-order valence-corrected chi connectivity index (χ3v) is 5.23. The van der Waals surface area contributed by atoms with Gasteiger partial charge in [0.1, 0.15) is 0 Å². The summed E-state index contributed by atoms with van der Waals surface area (Å²) in [7, 11) is 0. The van der Waals surface area contributed by atoms with Gasteiger partial charge >= 0.3 is 0 Å². The van der Waals surface area contributed by atoms with Crippen molar-refractivity contribution in [3.05, 3.63) is 83.9 Å². The Hall–Kier alpha value is -2.74. The van der Waals surface area contributed by atoms with Crippen LogP contribution in [0.5, 0.6) is 0 Å². The highest BCUT2D eigenvalue weighted by Crippen LogP contribution is 2.39. The first-order chi connectivity index (χ1) is 11.9. The Morgan fingerprint density at radius 3 is 1.58 bits per heavy atom. The third-order valence-electron chi connectivity index (χ3n) is 5.23. The Balaban J connectivity index is 1.52. The topological polar surface area (TPSA) is 6.48 Å². The molecule has 2 aliphatic rings. The molecule has 5 rings (SSSR count). The smallest absolute Gasteiger partial charge is 0.0444 e. The van der Waals surface area contributed by atoms with Crippen LogP contribution in [0.4, 0.5) is 22.7 Å². The molecule has 0 amide bonds. The van der Waals surface area contributed by atoms with Crippen LogP contribution >= 0.6 is 0 Å². The zero-order chi connectivity index (χ0) is 15.9. The van der Waals surface area contributed by atoms with Crippen LogP contribution in [0, 0.1) is 0 Å². The van der Waals surface area contributed by atoms with E-state index in [1.807, 2.05) is 0 Å². The van der Waals surface area contributed by atoms with E-state index in [1.165, 1.54) is 33.9 Å². The van der Waals surface area contributed by atoms with Crippen LogP contribution in [-0.4, -0.2) is 13.1 Å². The standard InChI is InChI=1S/C22H20N2/c1-3-10-21-17(6-1)12-14-23(21)19-8-5-9-20(16-19)24-15-13-18-7-2-4-11-22(18)24/h1-11,16H,12-15H2. The molecule has 0 aliphatic carbocycles. The van der Waals surface area contributed by atoms with E-state index in [9.17, 15) is 0 Å². The second-order valence-electron chi connectivity index (χ2n) is 6.58. The van der Waals surface area contributed by atoms with E-state index < -0.39 is 0 Å². The van der Waals surface area contributed by atoms with Gasteiger partial charge in [0.2, 0.25) is 0 Å². The molecule has 24 heavy (non-hydrogen) atoms. The monoisotopic (exact) mass is 312 g/mol. The van der Waals surface area contributed by atoms with E-state index in [-0.39, 0.29) is 0 Å². The molecule has 0 fully saturated rings. The van der Waals surface area contributed by atoms with Gasteiger partial charge < -0.3 is 9.80 Å². The summed E-state index contributed by atoms with van der Waals surface area (Å²) in [6.45, 7) is 2.14. The largest absolute Gasteiger partial charge is 0.341 e. The molecule has 0 spiro atoms. The molecular weight excluding hydrogens is 292 g/mol. The first-order valence-electron chi connectivity index (χ1n) is 8.71. The highest BCUT2D eigenvalue weighted by Gasteiger charge is 2.23. The number of fused-ring (bicyclic) bond motifs is 2. The van der Waals surface area contributed by atoms with Crippen molar-refractivity contribution in [2.45, 2.75) is 12.8 Å². The lowest BCUT2D eigenvalue weighted by atomic mass is 10.1. The minimum atomic E-state index is 1.07. The molecule has 2 aliphatic heterocycles. The van der Waals surface area contributed by atoms with Gasteiger partial charge in [0.15, 0.2) is 0 Å². The van der Waals surface area contributed by atoms with Gasteiger partial charge in [-0.3, -0.25) is 0 Å². The molecule has 0 saturated heterocycles. The number of nitrogens with zero attached hydrogens (tertiary/aromatic N) is 2. The predicted octanol–water partition coefficient (Wildman–Crippen LogP) is 5.08. The first kappa shape index (κ1) is 13.7. The van der Waals surface area contributed by atoms with Gasteiger partial charge in [-0.1, -0.05) is 42.5 Å². The van der Waals surface area contributed by atoms with Gasteiger partial charge in [-0.25, -0.2) is 0 Å².